The molecule has 0 bridgehead atoms. The maximum Gasteiger partial charge on any atom is 0.255 e. The Morgan fingerprint density at radius 1 is 0.432 bits per heavy atom. The molecule has 0 radical (unpaired) electrons. The molecule has 4 aromatic carbocycles. The summed E-state index contributed by atoms with van der Waals surface area (Å²) in [6.07, 6.45) is 7.23. The maximum atomic E-state index is 14.2. The number of unbranched alkanes of at least 4 members (excludes halogenated alkanes) is 4. The number of amides is 8. The van der Waals surface area contributed by atoms with Gasteiger partial charge in [0, 0.05) is 27.6 Å². The molecule has 0 aromatic heterocycles. The zero-order valence-corrected chi connectivity index (χ0v) is 47.2. The van der Waals surface area contributed by atoms with Gasteiger partial charge in [-0.25, -0.2) is 0 Å². The van der Waals surface area contributed by atoms with Crippen molar-refractivity contribution in [2.75, 3.05) is 75.0 Å². The van der Waals surface area contributed by atoms with Gasteiger partial charge in [0.1, 0.15) is 35.4 Å². The molecule has 0 aliphatic rings. The van der Waals surface area contributed by atoms with E-state index < -0.39 is 71.4 Å². The van der Waals surface area contributed by atoms with Crippen LogP contribution in [0.3, 0.4) is 0 Å². The van der Waals surface area contributed by atoms with E-state index in [9.17, 15) is 38.4 Å². The summed E-state index contributed by atoms with van der Waals surface area (Å²) < 4.78 is 16.3. The molecule has 0 aliphatic heterocycles. The molecule has 4 aromatic rings. The summed E-state index contributed by atoms with van der Waals surface area (Å²) in [5.74, 6) is -4.60. The van der Waals surface area contributed by atoms with Gasteiger partial charge in [0.25, 0.3) is 23.6 Å². The van der Waals surface area contributed by atoms with E-state index in [0.717, 1.165) is 6.42 Å². The summed E-state index contributed by atoms with van der Waals surface area (Å²) in [5.41, 5.74) is 35.6. The fourth-order valence-electron chi connectivity index (χ4n) is 8.42. The average molecular weight is 1140 g/mol. The molecule has 0 aliphatic carbocycles. The standard InChI is InChI=1S/C56H79N13O11S/c1-78-45-21-17-33(29-37(45)49(62)70)64-54(75)42(14-6-10-26-58)67-50(71)38-30-34(18-22-46(38)79-2)65-55(76)43(15-7-11-27-59)68-51(72)39-31-35(19-23-47(39)80-3)66-56(77)44(16-8-12-28-60)69-52(73)40-32-36(20-24-48(40)81-4)63-53(74)41(61)13-5-9-25-57/h17-24,29-32,41-44H,5-16,25-28,57-61H2,1-4H3,(H2,62,70)(H,63,74)(H,64,75)(H,65,76)(H,66,77)(H,67,71)(H,68,72)(H,69,73)/t41-,42-,43?,44-/m0/s1. The highest BCUT2D eigenvalue weighted by Crippen LogP contribution is 2.28. The lowest BCUT2D eigenvalue weighted by Crippen LogP contribution is -2.44. The number of hydrogen-bond donors (Lipinski definition) is 13. The number of primary amides is 1. The minimum Gasteiger partial charge on any atom is -0.496 e. The third-order valence-electron chi connectivity index (χ3n) is 12.9. The molecule has 19 N–H and O–H groups in total. The molecule has 0 saturated heterocycles. The first kappa shape index (κ1) is 65.7. The first-order valence-corrected chi connectivity index (χ1v) is 27.9. The number of thioether (sulfide) groups is 1. The minimum atomic E-state index is -1.16. The Balaban J connectivity index is 1.55. The van der Waals surface area contributed by atoms with Gasteiger partial charge in [-0.2, -0.15) is 0 Å². The van der Waals surface area contributed by atoms with Gasteiger partial charge in [0.15, 0.2) is 0 Å². The third kappa shape index (κ3) is 20.4. The molecule has 25 heteroatoms. The number of nitrogens with one attached hydrogen (secondary N) is 7. The van der Waals surface area contributed by atoms with E-state index in [1.54, 1.807) is 18.4 Å². The second kappa shape index (κ2) is 34.4. The van der Waals surface area contributed by atoms with Gasteiger partial charge >= 0.3 is 0 Å². The van der Waals surface area contributed by atoms with Crippen molar-refractivity contribution in [3.05, 3.63) is 95.1 Å². The molecule has 4 atom stereocenters. The monoisotopic (exact) mass is 1140 g/mol. The molecule has 0 saturated carbocycles. The van der Waals surface area contributed by atoms with Crippen LogP contribution in [0.2, 0.25) is 0 Å². The second-order valence-electron chi connectivity index (χ2n) is 18.8. The lowest BCUT2D eigenvalue weighted by Gasteiger charge is -2.22. The van der Waals surface area contributed by atoms with E-state index in [4.69, 9.17) is 48.6 Å². The third-order valence-corrected chi connectivity index (χ3v) is 13.7. The zero-order chi connectivity index (χ0) is 59.4. The van der Waals surface area contributed by atoms with Gasteiger partial charge in [-0.05, 0) is 176 Å². The van der Waals surface area contributed by atoms with Crippen molar-refractivity contribution in [1.29, 1.82) is 0 Å². The molecule has 440 valence electrons. The molecule has 0 fully saturated rings. The quantitative estimate of drug-likeness (QED) is 0.0231. The molecule has 1 unspecified atom stereocenters. The van der Waals surface area contributed by atoms with E-state index in [-0.39, 0.29) is 75.8 Å². The highest BCUT2D eigenvalue weighted by atomic mass is 32.2. The predicted octanol–water partition coefficient (Wildman–Crippen LogP) is 3.53. The van der Waals surface area contributed by atoms with E-state index in [0.29, 0.717) is 88.1 Å². The van der Waals surface area contributed by atoms with Crippen molar-refractivity contribution in [2.24, 2.45) is 34.4 Å². The highest BCUT2D eigenvalue weighted by Gasteiger charge is 2.29. The first-order valence-electron chi connectivity index (χ1n) is 26.7. The molecule has 24 nitrogen and oxygen atoms in total. The molecule has 8 amide bonds. The number of ether oxygens (including phenoxy) is 3. The van der Waals surface area contributed by atoms with Crippen LogP contribution in [0.1, 0.15) is 118 Å². The van der Waals surface area contributed by atoms with Gasteiger partial charge < -0.3 is 85.8 Å². The highest BCUT2D eigenvalue weighted by molar-refractivity contribution is 7.98. The summed E-state index contributed by atoms with van der Waals surface area (Å²) in [4.78, 5) is 110. The van der Waals surface area contributed by atoms with Crippen LogP contribution in [0.5, 0.6) is 17.2 Å². The number of carbonyl (C=O) groups excluding carboxylic acids is 8. The molecule has 0 spiro atoms. The average Bonchev–Trinajstić information content (AvgIpc) is 3.48. The Morgan fingerprint density at radius 3 is 1.09 bits per heavy atom. The Kier molecular flexibility index (Phi) is 27.9. The topological polar surface area (TPSA) is 405 Å². The molecular weight excluding hydrogens is 1060 g/mol. The van der Waals surface area contributed by atoms with Crippen LogP contribution in [-0.4, -0.2) is 125 Å². The van der Waals surface area contributed by atoms with Crippen molar-refractivity contribution >= 4 is 81.8 Å². The van der Waals surface area contributed by atoms with Gasteiger partial charge in [-0.3, -0.25) is 38.4 Å². The van der Waals surface area contributed by atoms with Crippen LogP contribution < -0.4 is 85.8 Å². The van der Waals surface area contributed by atoms with Crippen LogP contribution in [0, 0.1) is 0 Å². The van der Waals surface area contributed by atoms with Crippen LogP contribution in [-0.2, 0) is 19.2 Å². The number of methoxy groups -OCH3 is 3. The SMILES string of the molecule is COc1ccc(NC(=O)[C@H](CCCCN)NC(=O)c2cc(NC(=O)C(CCCCN)NC(=O)c3cc(NC(=O)[C@H](CCCCN)NC(=O)c4cc(NC(=O)[C@@H](N)CCCCN)ccc4SC)ccc3OC)ccc2OC)cc1C(N)=O. The van der Waals surface area contributed by atoms with E-state index in [1.807, 2.05) is 0 Å². The van der Waals surface area contributed by atoms with Crippen LogP contribution in [0.4, 0.5) is 22.7 Å². The molecule has 81 heavy (non-hydrogen) atoms. The summed E-state index contributed by atoms with van der Waals surface area (Å²) >= 11 is 1.31. The van der Waals surface area contributed by atoms with E-state index in [1.165, 1.54) is 93.8 Å². The number of benzene rings is 4. The number of anilines is 4. The summed E-state index contributed by atoms with van der Waals surface area (Å²) in [7, 11) is 4.08. The fraction of sp³-hybridized carbons (Fsp3) is 0.429. The van der Waals surface area contributed by atoms with Crippen LogP contribution >= 0.6 is 11.8 Å². The van der Waals surface area contributed by atoms with Crippen molar-refractivity contribution in [3.63, 3.8) is 0 Å². The maximum absolute atomic E-state index is 14.2. The number of carbonyl (C=O) groups is 8. The molecule has 4 rings (SSSR count). The fourth-order valence-corrected chi connectivity index (χ4v) is 9.00. The first-order chi connectivity index (χ1) is 38.9. The lowest BCUT2D eigenvalue weighted by molar-refractivity contribution is -0.118. The molecular formula is C56H79N13O11S. The van der Waals surface area contributed by atoms with Crippen LogP contribution in [0.25, 0.3) is 0 Å². The minimum absolute atomic E-state index is 0.0313. The Bertz CT molecular complexity index is 2800. The van der Waals surface area contributed by atoms with Crippen molar-refractivity contribution in [1.82, 2.24) is 16.0 Å². The van der Waals surface area contributed by atoms with Crippen molar-refractivity contribution in [3.8, 4) is 17.2 Å². The Morgan fingerprint density at radius 2 is 0.741 bits per heavy atom. The summed E-state index contributed by atoms with van der Waals surface area (Å²) in [5, 5.41) is 19.5. The van der Waals surface area contributed by atoms with Crippen molar-refractivity contribution in [2.45, 2.75) is 106 Å². The van der Waals surface area contributed by atoms with E-state index in [2.05, 4.69) is 37.2 Å². The Hall–Kier alpha value is -7.81. The number of rotatable bonds is 35. The summed E-state index contributed by atoms with van der Waals surface area (Å²) in [6.45, 7) is 1.50. The Labute approximate surface area is 476 Å². The van der Waals surface area contributed by atoms with Gasteiger partial charge in [-0.15, -0.1) is 11.8 Å². The summed E-state index contributed by atoms with van der Waals surface area (Å²) in [6, 6.07) is 13.8. The van der Waals surface area contributed by atoms with Crippen molar-refractivity contribution < 1.29 is 52.6 Å². The largest absolute Gasteiger partial charge is 0.496 e. The van der Waals surface area contributed by atoms with Gasteiger partial charge in [0.05, 0.1) is 49.6 Å². The lowest BCUT2D eigenvalue weighted by atomic mass is 10.1. The van der Waals surface area contributed by atoms with Gasteiger partial charge in [-0.1, -0.05) is 6.42 Å². The van der Waals surface area contributed by atoms with E-state index >= 15 is 0 Å². The normalized spacial score (nSPS) is 12.4. The predicted molar refractivity (Wildman–Crippen MR) is 314 cm³/mol. The number of nitrogens with two attached hydrogens (primary N) is 6. The molecule has 0 heterocycles. The van der Waals surface area contributed by atoms with Gasteiger partial charge in [0.2, 0.25) is 23.6 Å². The smallest absolute Gasteiger partial charge is 0.255 e. The number of hydrogen-bond acceptors (Lipinski definition) is 17. The van der Waals surface area contributed by atoms with Crippen LogP contribution in [0.15, 0.2) is 77.7 Å². The zero-order valence-electron chi connectivity index (χ0n) is 46.4. The second-order valence-corrected chi connectivity index (χ2v) is 19.7.